The van der Waals surface area contributed by atoms with Gasteiger partial charge >= 0.3 is 0 Å². The third-order valence-corrected chi connectivity index (χ3v) is 2.52. The van der Waals surface area contributed by atoms with Crippen LogP contribution in [0.25, 0.3) is 0 Å². The minimum Gasteiger partial charge on any atom is -0.284 e. The molecule has 0 bridgehead atoms. The van der Waals surface area contributed by atoms with Gasteiger partial charge in [0.25, 0.3) is 0 Å². The van der Waals surface area contributed by atoms with E-state index in [2.05, 4.69) is 30.1 Å². The molecule has 0 heterocycles. The van der Waals surface area contributed by atoms with Gasteiger partial charge in [-0.1, -0.05) is 32.6 Å². The number of hydrogen-bond donors (Lipinski definition) is 1. The lowest BCUT2D eigenvalue weighted by molar-refractivity contribution is -0.522. The topological polar surface area (TPSA) is 15.0 Å². The zero-order chi connectivity index (χ0) is 10.6. The van der Waals surface area contributed by atoms with Gasteiger partial charge in [0.2, 0.25) is 6.34 Å². The van der Waals surface area contributed by atoms with Crippen molar-refractivity contribution in [2.45, 2.75) is 52.4 Å². The van der Waals surface area contributed by atoms with Gasteiger partial charge in [-0.2, -0.15) is 0 Å². The summed E-state index contributed by atoms with van der Waals surface area (Å²) in [6.45, 7) is 6.77. The van der Waals surface area contributed by atoms with E-state index in [0.29, 0.717) is 0 Å². The second kappa shape index (κ2) is 10.6. The normalized spacial score (nSPS) is 11.8. The Morgan fingerprint density at radius 2 is 1.64 bits per heavy atom. The van der Waals surface area contributed by atoms with Crippen molar-refractivity contribution in [3.63, 3.8) is 0 Å². The van der Waals surface area contributed by atoms with E-state index in [9.17, 15) is 0 Å². The molecule has 0 aliphatic carbocycles. The van der Waals surface area contributed by atoms with Crippen LogP contribution in [0.4, 0.5) is 0 Å². The number of unbranched alkanes of at least 4 members (excludes halogenated alkanes) is 5. The van der Waals surface area contributed by atoms with Crippen LogP contribution in [-0.2, 0) is 0 Å². The summed E-state index contributed by atoms with van der Waals surface area (Å²) in [6.07, 6.45) is 10.4. The monoisotopic (exact) mass is 199 g/mol. The minimum atomic E-state index is 1.11. The first kappa shape index (κ1) is 13.5. The van der Waals surface area contributed by atoms with Crippen LogP contribution in [0.1, 0.15) is 52.4 Å². The van der Waals surface area contributed by atoms with Crippen LogP contribution in [0, 0.1) is 0 Å². The summed E-state index contributed by atoms with van der Waals surface area (Å²) >= 11 is 0. The Labute approximate surface area is 89.4 Å². The summed E-state index contributed by atoms with van der Waals surface area (Å²) in [4.78, 5) is 0. The molecule has 0 amide bonds. The van der Waals surface area contributed by atoms with Crippen LogP contribution in [0.15, 0.2) is 0 Å². The van der Waals surface area contributed by atoms with Gasteiger partial charge in [-0.05, 0) is 19.8 Å². The molecule has 0 spiro atoms. The summed E-state index contributed by atoms with van der Waals surface area (Å²) in [5.74, 6) is 0. The van der Waals surface area contributed by atoms with E-state index in [0.717, 1.165) is 6.54 Å². The maximum Gasteiger partial charge on any atom is 0.231 e. The van der Waals surface area contributed by atoms with Gasteiger partial charge < -0.3 is 0 Å². The van der Waals surface area contributed by atoms with Gasteiger partial charge in [0.15, 0.2) is 0 Å². The van der Waals surface area contributed by atoms with Crippen molar-refractivity contribution >= 4 is 6.34 Å². The molecule has 2 nitrogen and oxygen atoms in total. The molecular weight excluding hydrogens is 172 g/mol. The summed E-state index contributed by atoms with van der Waals surface area (Å²) < 4.78 is 2.33. The van der Waals surface area contributed by atoms with Crippen molar-refractivity contribution in [2.75, 3.05) is 20.1 Å². The van der Waals surface area contributed by atoms with Crippen molar-refractivity contribution in [1.29, 1.82) is 0 Å². The second-order valence-electron chi connectivity index (χ2n) is 3.81. The lowest BCUT2D eigenvalue weighted by atomic mass is 10.1. The maximum atomic E-state index is 3.08. The van der Waals surface area contributed by atoms with Crippen molar-refractivity contribution in [3.05, 3.63) is 0 Å². The Balaban J connectivity index is 3.29. The van der Waals surface area contributed by atoms with E-state index in [1.54, 1.807) is 0 Å². The zero-order valence-corrected chi connectivity index (χ0v) is 10.2. The summed E-state index contributed by atoms with van der Waals surface area (Å²) in [6, 6.07) is 0. The Kier molecular flexibility index (Phi) is 10.2. The summed E-state index contributed by atoms with van der Waals surface area (Å²) in [5.41, 5.74) is 0. The molecular formula is C12H27N2+. The fourth-order valence-electron chi connectivity index (χ4n) is 1.59. The van der Waals surface area contributed by atoms with E-state index < -0.39 is 0 Å². The highest BCUT2D eigenvalue weighted by molar-refractivity contribution is 5.47. The van der Waals surface area contributed by atoms with E-state index in [-0.39, 0.29) is 0 Å². The largest absolute Gasteiger partial charge is 0.284 e. The van der Waals surface area contributed by atoms with Crippen molar-refractivity contribution < 1.29 is 4.58 Å². The molecule has 0 aromatic rings. The highest BCUT2D eigenvalue weighted by Gasteiger charge is 1.96. The van der Waals surface area contributed by atoms with Crippen molar-refractivity contribution in [1.82, 2.24) is 5.32 Å². The Bertz CT molecular complexity index is 141. The van der Waals surface area contributed by atoms with Crippen LogP contribution in [-0.4, -0.2) is 31.1 Å². The number of rotatable bonds is 9. The molecule has 0 unspecified atom stereocenters. The third kappa shape index (κ3) is 8.09. The molecule has 0 saturated carbocycles. The van der Waals surface area contributed by atoms with Gasteiger partial charge in [-0.3, -0.25) is 9.89 Å². The minimum absolute atomic E-state index is 1.11. The average Bonchev–Trinajstić information content (AvgIpc) is 2.21. The number of nitrogens with one attached hydrogen (secondary N) is 1. The van der Waals surface area contributed by atoms with Gasteiger partial charge in [-0.15, -0.1) is 0 Å². The van der Waals surface area contributed by atoms with Crippen LogP contribution in [0.5, 0.6) is 0 Å². The quantitative estimate of drug-likeness (QED) is 0.261. The smallest absolute Gasteiger partial charge is 0.231 e. The van der Waals surface area contributed by atoms with E-state index in [1.807, 2.05) is 7.05 Å². The number of hydrogen-bond acceptors (Lipinski definition) is 0. The van der Waals surface area contributed by atoms with Gasteiger partial charge in [0.05, 0.1) is 20.1 Å². The molecule has 14 heavy (non-hydrogen) atoms. The van der Waals surface area contributed by atoms with E-state index in [4.69, 9.17) is 0 Å². The molecule has 0 aromatic carbocycles. The highest BCUT2D eigenvalue weighted by Crippen LogP contribution is 2.04. The lowest BCUT2D eigenvalue weighted by Gasteiger charge is -2.03. The predicted molar refractivity (Wildman–Crippen MR) is 64.2 cm³/mol. The van der Waals surface area contributed by atoms with Crippen LogP contribution in [0.2, 0.25) is 0 Å². The first-order valence-corrected chi connectivity index (χ1v) is 6.09. The molecule has 0 aliphatic rings. The molecule has 2 heteroatoms. The fourth-order valence-corrected chi connectivity index (χ4v) is 1.59. The maximum absolute atomic E-state index is 3.08. The third-order valence-electron chi connectivity index (χ3n) is 2.52. The van der Waals surface area contributed by atoms with Gasteiger partial charge in [0.1, 0.15) is 0 Å². The first-order valence-electron chi connectivity index (χ1n) is 6.09. The van der Waals surface area contributed by atoms with E-state index in [1.165, 1.54) is 45.1 Å². The van der Waals surface area contributed by atoms with Crippen LogP contribution < -0.4 is 5.32 Å². The van der Waals surface area contributed by atoms with Crippen LogP contribution in [0.3, 0.4) is 0 Å². The predicted octanol–water partition coefficient (Wildman–Crippen LogP) is 2.63. The number of nitrogens with zero attached hydrogens (tertiary/aromatic N) is 1. The highest BCUT2D eigenvalue weighted by atomic mass is 15.1. The SMILES string of the molecule is CCCCCCCC[N+](=CNC)CC. The lowest BCUT2D eigenvalue weighted by Crippen LogP contribution is -2.21. The molecule has 0 rings (SSSR count). The molecule has 84 valence electrons. The zero-order valence-electron chi connectivity index (χ0n) is 10.2. The Morgan fingerprint density at radius 3 is 2.21 bits per heavy atom. The summed E-state index contributed by atoms with van der Waals surface area (Å²) in [5, 5.41) is 3.08. The molecule has 0 saturated heterocycles. The molecule has 0 radical (unpaired) electrons. The van der Waals surface area contributed by atoms with Gasteiger partial charge in [-0.25, -0.2) is 0 Å². The molecule has 0 fully saturated rings. The molecule has 1 N–H and O–H groups in total. The Morgan fingerprint density at radius 1 is 1.00 bits per heavy atom. The molecule has 0 aliphatic heterocycles. The Hall–Kier alpha value is -0.530. The second-order valence-corrected chi connectivity index (χ2v) is 3.81. The molecule has 0 atom stereocenters. The molecule has 0 aromatic heterocycles. The standard InChI is InChI=1S/C12H26N2/c1-4-6-7-8-9-10-11-14(5-2)12-13-3/h12H,4-11H2,1-3H3/p+1. The van der Waals surface area contributed by atoms with Gasteiger partial charge in [0, 0.05) is 0 Å². The first-order chi connectivity index (χ1) is 6.85. The van der Waals surface area contributed by atoms with E-state index >= 15 is 0 Å². The van der Waals surface area contributed by atoms with Crippen molar-refractivity contribution in [2.24, 2.45) is 0 Å². The average molecular weight is 199 g/mol. The van der Waals surface area contributed by atoms with Crippen LogP contribution >= 0.6 is 0 Å². The van der Waals surface area contributed by atoms with Crippen molar-refractivity contribution in [3.8, 4) is 0 Å². The summed E-state index contributed by atoms with van der Waals surface area (Å²) in [7, 11) is 1.96. The fraction of sp³-hybridized carbons (Fsp3) is 0.917.